The molecule has 0 aromatic rings. The standard InChI is InChI=1S/C16H29N3OS/c1-19-11-9-16(10-12-19,15(17)21)18-14(20)8-7-13-5-3-2-4-6-13/h13H,2-12H2,1H3,(H2,17,21)(H,18,20). The van der Waals surface area contributed by atoms with Crippen LogP contribution < -0.4 is 11.1 Å². The maximum Gasteiger partial charge on any atom is 0.220 e. The first-order valence-corrected chi connectivity index (χ1v) is 8.72. The van der Waals surface area contributed by atoms with Gasteiger partial charge in [-0.1, -0.05) is 44.3 Å². The van der Waals surface area contributed by atoms with Crippen LogP contribution in [0.25, 0.3) is 0 Å². The molecule has 1 saturated carbocycles. The maximum absolute atomic E-state index is 12.3. The van der Waals surface area contributed by atoms with E-state index >= 15 is 0 Å². The molecule has 1 heterocycles. The van der Waals surface area contributed by atoms with E-state index in [9.17, 15) is 4.79 Å². The Labute approximate surface area is 133 Å². The lowest BCUT2D eigenvalue weighted by Crippen LogP contribution is -2.61. The van der Waals surface area contributed by atoms with Crippen LogP contribution in [0.3, 0.4) is 0 Å². The Hall–Kier alpha value is -0.680. The number of nitrogens with one attached hydrogen (secondary N) is 1. The van der Waals surface area contributed by atoms with Crippen LogP contribution in [0.4, 0.5) is 0 Å². The molecule has 0 radical (unpaired) electrons. The lowest BCUT2D eigenvalue weighted by atomic mass is 9.85. The zero-order valence-corrected chi connectivity index (χ0v) is 14.0. The molecule has 1 amide bonds. The van der Waals surface area contributed by atoms with E-state index in [0.29, 0.717) is 11.4 Å². The van der Waals surface area contributed by atoms with E-state index in [4.69, 9.17) is 18.0 Å². The predicted octanol–water partition coefficient (Wildman–Crippen LogP) is 2.21. The fourth-order valence-electron chi connectivity index (χ4n) is 3.57. The number of hydrogen-bond donors (Lipinski definition) is 2. The van der Waals surface area contributed by atoms with Crippen molar-refractivity contribution in [2.45, 2.75) is 63.3 Å². The fraction of sp³-hybridized carbons (Fsp3) is 0.875. The summed E-state index contributed by atoms with van der Waals surface area (Å²) in [6.07, 6.45) is 9.88. The molecule has 0 unspecified atom stereocenters. The molecule has 1 aliphatic heterocycles. The third-order valence-corrected chi connectivity index (χ3v) is 5.59. The molecule has 4 nitrogen and oxygen atoms in total. The highest BCUT2D eigenvalue weighted by molar-refractivity contribution is 7.80. The summed E-state index contributed by atoms with van der Waals surface area (Å²) in [5.41, 5.74) is 5.48. The van der Waals surface area contributed by atoms with E-state index in [-0.39, 0.29) is 5.91 Å². The molecule has 2 rings (SSSR count). The van der Waals surface area contributed by atoms with Gasteiger partial charge in [-0.3, -0.25) is 4.79 Å². The van der Waals surface area contributed by atoms with Gasteiger partial charge in [0, 0.05) is 19.5 Å². The van der Waals surface area contributed by atoms with Crippen molar-refractivity contribution in [2.75, 3.05) is 20.1 Å². The molecule has 2 fully saturated rings. The number of nitrogens with zero attached hydrogens (tertiary/aromatic N) is 1. The Bertz CT molecular complexity index is 372. The molecule has 0 spiro atoms. The first kappa shape index (κ1) is 16.7. The number of piperidine rings is 1. The van der Waals surface area contributed by atoms with E-state index < -0.39 is 5.54 Å². The van der Waals surface area contributed by atoms with Gasteiger partial charge in [0.15, 0.2) is 0 Å². The number of nitrogens with two attached hydrogens (primary N) is 1. The monoisotopic (exact) mass is 311 g/mol. The van der Waals surface area contributed by atoms with Crippen molar-refractivity contribution in [2.24, 2.45) is 11.7 Å². The molecule has 0 atom stereocenters. The van der Waals surface area contributed by atoms with Gasteiger partial charge < -0.3 is 16.0 Å². The molecule has 21 heavy (non-hydrogen) atoms. The number of amides is 1. The first-order valence-electron chi connectivity index (χ1n) is 8.31. The molecule has 3 N–H and O–H groups in total. The molecule has 5 heteroatoms. The number of carbonyl (C=O) groups is 1. The van der Waals surface area contributed by atoms with Gasteiger partial charge in [-0.05, 0) is 32.2 Å². The molecular weight excluding hydrogens is 282 g/mol. The number of likely N-dealkylation sites (tertiary alicyclic amines) is 1. The van der Waals surface area contributed by atoms with Gasteiger partial charge in [-0.25, -0.2) is 0 Å². The summed E-state index contributed by atoms with van der Waals surface area (Å²) in [7, 11) is 2.09. The molecular formula is C16H29N3OS. The van der Waals surface area contributed by atoms with E-state index in [2.05, 4.69) is 17.3 Å². The van der Waals surface area contributed by atoms with Gasteiger partial charge in [-0.15, -0.1) is 0 Å². The summed E-state index contributed by atoms with van der Waals surface area (Å²) in [6, 6.07) is 0. The summed E-state index contributed by atoms with van der Waals surface area (Å²) >= 11 is 5.24. The summed E-state index contributed by atoms with van der Waals surface area (Å²) in [4.78, 5) is 15.0. The average molecular weight is 311 g/mol. The number of thiocarbonyl (C=S) groups is 1. The third kappa shape index (κ3) is 4.65. The Kier molecular flexibility index (Phi) is 5.99. The van der Waals surface area contributed by atoms with Gasteiger partial charge in [0.25, 0.3) is 0 Å². The zero-order valence-electron chi connectivity index (χ0n) is 13.2. The fourth-order valence-corrected chi connectivity index (χ4v) is 3.83. The third-order valence-electron chi connectivity index (χ3n) is 5.20. The highest BCUT2D eigenvalue weighted by Gasteiger charge is 2.37. The van der Waals surface area contributed by atoms with E-state index in [1.807, 2.05) is 0 Å². The van der Waals surface area contributed by atoms with Crippen LogP contribution in [0, 0.1) is 5.92 Å². The van der Waals surface area contributed by atoms with Crippen molar-refractivity contribution in [3.63, 3.8) is 0 Å². The molecule has 1 saturated heterocycles. The minimum Gasteiger partial charge on any atom is -0.391 e. The van der Waals surface area contributed by atoms with E-state index in [1.165, 1.54) is 32.1 Å². The van der Waals surface area contributed by atoms with Gasteiger partial charge >= 0.3 is 0 Å². The lowest BCUT2D eigenvalue weighted by Gasteiger charge is -2.40. The smallest absolute Gasteiger partial charge is 0.220 e. The van der Waals surface area contributed by atoms with Crippen molar-refractivity contribution < 1.29 is 4.79 Å². The second kappa shape index (κ2) is 7.54. The molecule has 0 bridgehead atoms. The second-order valence-electron chi connectivity index (χ2n) is 6.84. The van der Waals surface area contributed by atoms with Gasteiger partial charge in [-0.2, -0.15) is 0 Å². The van der Waals surface area contributed by atoms with Crippen LogP contribution in [0.1, 0.15) is 57.8 Å². The summed E-state index contributed by atoms with van der Waals surface area (Å²) in [5.74, 6) is 0.862. The van der Waals surface area contributed by atoms with Crippen molar-refractivity contribution >= 4 is 23.1 Å². The number of carbonyl (C=O) groups excluding carboxylic acids is 1. The summed E-state index contributed by atoms with van der Waals surface area (Å²) < 4.78 is 0. The van der Waals surface area contributed by atoms with Crippen LogP contribution in [0.5, 0.6) is 0 Å². The second-order valence-corrected chi connectivity index (χ2v) is 7.28. The van der Waals surface area contributed by atoms with Crippen LogP contribution in [0.2, 0.25) is 0 Å². The summed E-state index contributed by atoms with van der Waals surface area (Å²) in [6.45, 7) is 1.86. The van der Waals surface area contributed by atoms with Gasteiger partial charge in [0.2, 0.25) is 5.91 Å². The highest BCUT2D eigenvalue weighted by Crippen LogP contribution is 2.28. The molecule has 2 aliphatic rings. The number of hydrogen-bond acceptors (Lipinski definition) is 3. The van der Waals surface area contributed by atoms with Crippen molar-refractivity contribution in [3.05, 3.63) is 0 Å². The zero-order chi connectivity index (χ0) is 15.3. The normalized spacial score (nSPS) is 23.7. The Morgan fingerprint density at radius 2 is 1.90 bits per heavy atom. The predicted molar refractivity (Wildman–Crippen MR) is 90.2 cm³/mol. The molecule has 120 valence electrons. The van der Waals surface area contributed by atoms with Crippen molar-refractivity contribution in [1.29, 1.82) is 0 Å². The SMILES string of the molecule is CN1CCC(NC(=O)CCC2CCCCC2)(C(N)=S)CC1. The van der Waals surface area contributed by atoms with Crippen LogP contribution in [-0.2, 0) is 4.79 Å². The van der Waals surface area contributed by atoms with Crippen LogP contribution in [-0.4, -0.2) is 41.5 Å². The largest absolute Gasteiger partial charge is 0.391 e. The Morgan fingerprint density at radius 1 is 1.29 bits per heavy atom. The van der Waals surface area contributed by atoms with Crippen LogP contribution in [0.15, 0.2) is 0 Å². The number of rotatable bonds is 5. The highest BCUT2D eigenvalue weighted by atomic mass is 32.1. The summed E-state index contributed by atoms with van der Waals surface area (Å²) in [5, 5.41) is 3.16. The first-order chi connectivity index (χ1) is 10.0. The van der Waals surface area contributed by atoms with E-state index in [1.54, 1.807) is 0 Å². The van der Waals surface area contributed by atoms with E-state index in [0.717, 1.165) is 38.3 Å². The molecule has 1 aliphatic carbocycles. The quantitative estimate of drug-likeness (QED) is 0.764. The van der Waals surface area contributed by atoms with Gasteiger partial charge in [0.05, 0.1) is 10.5 Å². The Balaban J connectivity index is 1.82. The van der Waals surface area contributed by atoms with Gasteiger partial charge in [0.1, 0.15) is 0 Å². The van der Waals surface area contributed by atoms with Crippen molar-refractivity contribution in [1.82, 2.24) is 10.2 Å². The minimum atomic E-state index is -0.453. The lowest BCUT2D eigenvalue weighted by molar-refractivity contribution is -0.123. The van der Waals surface area contributed by atoms with Crippen LogP contribution >= 0.6 is 12.2 Å². The Morgan fingerprint density at radius 3 is 2.48 bits per heavy atom. The topological polar surface area (TPSA) is 58.4 Å². The average Bonchev–Trinajstić information content (AvgIpc) is 2.48. The maximum atomic E-state index is 12.3. The van der Waals surface area contributed by atoms with Crippen molar-refractivity contribution in [3.8, 4) is 0 Å². The molecule has 0 aromatic carbocycles. The molecule has 0 aromatic heterocycles. The minimum absolute atomic E-state index is 0.123.